The van der Waals surface area contributed by atoms with Crippen molar-refractivity contribution in [3.63, 3.8) is 0 Å². The summed E-state index contributed by atoms with van der Waals surface area (Å²) >= 11 is 3.62. The van der Waals surface area contributed by atoms with Gasteiger partial charge in [-0.1, -0.05) is 115 Å². The van der Waals surface area contributed by atoms with Crippen LogP contribution in [0, 0.1) is 22.7 Å². The van der Waals surface area contributed by atoms with Crippen molar-refractivity contribution in [2.24, 2.45) is 0 Å². The van der Waals surface area contributed by atoms with Gasteiger partial charge in [0.15, 0.2) is 17.5 Å². The van der Waals surface area contributed by atoms with E-state index in [2.05, 4.69) is 143 Å². The minimum absolute atomic E-state index is 0.400. The first kappa shape index (κ1) is 38.3. The van der Waals surface area contributed by atoms with Gasteiger partial charge in [0.05, 0.1) is 56.7 Å². The maximum atomic E-state index is 10.5. The van der Waals surface area contributed by atoms with Gasteiger partial charge < -0.3 is 9.13 Å². The summed E-state index contributed by atoms with van der Waals surface area (Å²) in [4.78, 5) is 15.9. The number of hydrogen-bond acceptors (Lipinski definition) is 7. The number of aromatic nitrogens is 5. The summed E-state index contributed by atoms with van der Waals surface area (Å²) in [5.74, 6) is 1.27. The lowest BCUT2D eigenvalue weighted by Gasteiger charge is -2.17. The lowest BCUT2D eigenvalue weighted by Crippen LogP contribution is -2.06. The first-order chi connectivity index (χ1) is 33.6. The summed E-state index contributed by atoms with van der Waals surface area (Å²) in [6.45, 7) is 0. The van der Waals surface area contributed by atoms with Gasteiger partial charge in [-0.2, -0.15) is 10.5 Å². The minimum atomic E-state index is 0.400. The molecule has 14 aromatic rings. The molecule has 9 heteroatoms. The second-order valence-electron chi connectivity index (χ2n) is 16.9. The number of hydrogen-bond donors (Lipinski definition) is 0. The highest BCUT2D eigenvalue weighted by molar-refractivity contribution is 7.27. The van der Waals surface area contributed by atoms with Crippen molar-refractivity contribution in [3.8, 4) is 57.7 Å². The maximum Gasteiger partial charge on any atom is 0.166 e. The van der Waals surface area contributed by atoms with Crippen LogP contribution < -0.4 is 0 Å². The van der Waals surface area contributed by atoms with Crippen LogP contribution in [-0.2, 0) is 0 Å². The molecule has 5 heterocycles. The predicted octanol–water partition coefficient (Wildman–Crippen LogP) is 15.5. The van der Waals surface area contributed by atoms with Gasteiger partial charge in [-0.05, 0) is 72.8 Å². The lowest BCUT2D eigenvalue weighted by atomic mass is 10.1. The molecule has 0 fully saturated rings. The fourth-order valence-corrected chi connectivity index (χ4v) is 12.8. The Kier molecular flexibility index (Phi) is 8.31. The van der Waals surface area contributed by atoms with Gasteiger partial charge >= 0.3 is 0 Å². The molecular weight excluding hydrogens is 871 g/mol. The fourth-order valence-electron chi connectivity index (χ4n) is 10.3. The first-order valence-corrected chi connectivity index (χ1v) is 23.8. The van der Waals surface area contributed by atoms with Crippen LogP contribution in [0.4, 0.5) is 0 Å². The Bertz CT molecular complexity index is 4270. The number of thiophene rings is 2. The zero-order chi connectivity index (χ0) is 45.0. The molecule has 0 N–H and O–H groups in total. The molecule has 0 aliphatic rings. The van der Waals surface area contributed by atoms with Crippen molar-refractivity contribution in [1.29, 1.82) is 10.5 Å². The third kappa shape index (κ3) is 5.58. The summed E-state index contributed by atoms with van der Waals surface area (Å²) in [5, 5.41) is 30.5. The summed E-state index contributed by atoms with van der Waals surface area (Å²) < 4.78 is 9.50. The van der Waals surface area contributed by atoms with Gasteiger partial charge in [0, 0.05) is 78.6 Å². The third-order valence-electron chi connectivity index (χ3n) is 13.2. The van der Waals surface area contributed by atoms with E-state index in [0.717, 1.165) is 49.8 Å². The highest BCUT2D eigenvalue weighted by Gasteiger charge is 2.25. The molecule has 68 heavy (non-hydrogen) atoms. The average Bonchev–Trinajstić information content (AvgIpc) is 4.16. The third-order valence-corrected chi connectivity index (χ3v) is 15.7. The van der Waals surface area contributed by atoms with Crippen LogP contribution in [0.2, 0.25) is 0 Å². The van der Waals surface area contributed by atoms with Crippen molar-refractivity contribution < 1.29 is 0 Å². The molecule has 314 valence electrons. The molecule has 0 atom stereocenters. The van der Waals surface area contributed by atoms with E-state index < -0.39 is 0 Å². The smallest absolute Gasteiger partial charge is 0.166 e. The Hall–Kier alpha value is -8.99. The van der Waals surface area contributed by atoms with Crippen LogP contribution in [0.5, 0.6) is 0 Å². The van der Waals surface area contributed by atoms with Crippen LogP contribution in [0.15, 0.2) is 188 Å². The van der Waals surface area contributed by atoms with Crippen LogP contribution in [0.25, 0.3) is 129 Å². The number of rotatable bonds is 5. The van der Waals surface area contributed by atoms with E-state index in [1.807, 2.05) is 89.4 Å². The van der Waals surface area contributed by atoms with Crippen molar-refractivity contribution in [2.45, 2.75) is 0 Å². The van der Waals surface area contributed by atoms with Crippen LogP contribution in [-0.4, -0.2) is 24.1 Å². The van der Waals surface area contributed by atoms with Crippen LogP contribution >= 0.6 is 22.7 Å². The quantitative estimate of drug-likeness (QED) is 0.171. The predicted molar refractivity (Wildman–Crippen MR) is 280 cm³/mol. The van der Waals surface area contributed by atoms with Gasteiger partial charge in [0.2, 0.25) is 0 Å². The summed E-state index contributed by atoms with van der Waals surface area (Å²) in [5.41, 5.74) is 8.89. The number of para-hydroxylation sites is 2. The summed E-state index contributed by atoms with van der Waals surface area (Å²) in [6, 6.07) is 69.3. The molecule has 0 aliphatic carbocycles. The molecule has 9 aromatic carbocycles. The Morgan fingerprint density at radius 2 is 0.794 bits per heavy atom. The van der Waals surface area contributed by atoms with E-state index in [0.29, 0.717) is 39.7 Å². The van der Waals surface area contributed by atoms with Crippen LogP contribution in [0.1, 0.15) is 11.1 Å². The molecule has 0 aliphatic heterocycles. The van der Waals surface area contributed by atoms with Crippen molar-refractivity contribution >= 4 is 107 Å². The molecule has 0 bridgehead atoms. The molecule has 0 unspecified atom stereocenters. The Morgan fingerprint density at radius 1 is 0.368 bits per heavy atom. The van der Waals surface area contributed by atoms with Gasteiger partial charge in [-0.3, -0.25) is 0 Å². The normalized spacial score (nSPS) is 11.8. The Morgan fingerprint density at radius 3 is 1.28 bits per heavy atom. The average molecular weight is 902 g/mol. The highest BCUT2D eigenvalue weighted by atomic mass is 32.1. The Balaban J connectivity index is 1.06. The van der Waals surface area contributed by atoms with Crippen LogP contribution in [0.3, 0.4) is 0 Å². The molecule has 7 nitrogen and oxygen atoms in total. The highest BCUT2D eigenvalue weighted by Crippen LogP contribution is 2.46. The number of nitriles is 2. The number of nitrogens with zero attached hydrogens (tertiary/aromatic N) is 7. The monoisotopic (exact) mass is 901 g/mol. The van der Waals surface area contributed by atoms with Gasteiger partial charge in [-0.25, -0.2) is 15.0 Å². The molecule has 0 amide bonds. The van der Waals surface area contributed by atoms with E-state index in [1.54, 1.807) is 0 Å². The number of benzene rings is 9. The van der Waals surface area contributed by atoms with Crippen molar-refractivity contribution in [1.82, 2.24) is 24.1 Å². The molecule has 14 rings (SSSR count). The van der Waals surface area contributed by atoms with E-state index in [-0.39, 0.29) is 0 Å². The SMILES string of the molecule is N#Cc1ccc(-n2c3ccccc3c3c4sc5ccccc5c4ccc32)c(-c2nc(-c3ccccc3)nc(-c3cc(C#N)ccc3-n3c4ccccc4c4c5sc6ccccc6c5ccc43)n2)c1. The van der Waals surface area contributed by atoms with Gasteiger partial charge in [0.25, 0.3) is 0 Å². The van der Waals surface area contributed by atoms with Gasteiger partial charge in [0.1, 0.15) is 0 Å². The lowest BCUT2D eigenvalue weighted by molar-refractivity contribution is 1.06. The zero-order valence-corrected chi connectivity index (χ0v) is 37.5. The van der Waals surface area contributed by atoms with E-state index in [9.17, 15) is 10.5 Å². The second kappa shape index (κ2) is 14.8. The van der Waals surface area contributed by atoms with Crippen molar-refractivity contribution in [2.75, 3.05) is 0 Å². The molecule has 0 saturated heterocycles. The largest absolute Gasteiger partial charge is 0.308 e. The Labute approximate surface area is 395 Å². The number of fused-ring (bicyclic) bond motifs is 14. The molecule has 0 radical (unpaired) electrons. The maximum absolute atomic E-state index is 10.5. The summed E-state index contributed by atoms with van der Waals surface area (Å²) in [7, 11) is 0. The second-order valence-corrected chi connectivity index (χ2v) is 19.0. The van der Waals surface area contributed by atoms with E-state index >= 15 is 0 Å². The van der Waals surface area contributed by atoms with Gasteiger partial charge in [-0.15, -0.1) is 22.7 Å². The zero-order valence-electron chi connectivity index (χ0n) is 35.8. The first-order valence-electron chi connectivity index (χ1n) is 22.2. The fraction of sp³-hybridized carbons (Fsp3) is 0. The molecule has 0 spiro atoms. The van der Waals surface area contributed by atoms with E-state index in [4.69, 9.17) is 15.0 Å². The standard InChI is InChI=1S/C59H31N7S2/c60-32-34-22-26-47(65-45-18-8-4-16-41(45)53-49(65)28-24-39-37-14-6-10-20-51(37)67-55(39)53)43(30-34)58-62-57(36-12-2-1-3-13-36)63-59(64-58)44-31-35(33-61)23-27-48(44)66-46-19-9-5-17-42(46)54-50(66)29-25-40-38-15-7-11-21-52(38)68-56(40)54/h1-31H. The topological polar surface area (TPSA) is 96.1 Å². The molecular formula is C59H31N7S2. The minimum Gasteiger partial charge on any atom is -0.308 e. The molecule has 5 aromatic heterocycles. The summed E-state index contributed by atoms with van der Waals surface area (Å²) in [6.07, 6.45) is 0. The van der Waals surface area contributed by atoms with Crippen molar-refractivity contribution in [3.05, 3.63) is 199 Å². The van der Waals surface area contributed by atoms with E-state index in [1.165, 1.54) is 51.1 Å². The molecule has 0 saturated carbocycles.